The molecule has 0 aliphatic rings. The van der Waals surface area contributed by atoms with Crippen LogP contribution in [0.3, 0.4) is 0 Å². The first-order chi connectivity index (χ1) is 9.29. The third-order valence-electron chi connectivity index (χ3n) is 3.25. The molecule has 19 heavy (non-hydrogen) atoms. The average molecular weight is 322 g/mol. The lowest BCUT2D eigenvalue weighted by Gasteiger charge is -2.17. The molecule has 3 heteroatoms. The van der Waals surface area contributed by atoms with Gasteiger partial charge in [0.1, 0.15) is 0 Å². The van der Waals surface area contributed by atoms with E-state index in [1.165, 1.54) is 15.6 Å². The molecule has 1 atom stereocenters. The van der Waals surface area contributed by atoms with Crippen molar-refractivity contribution in [3.8, 4) is 0 Å². The second-order valence-electron chi connectivity index (χ2n) is 4.80. The molecule has 2 nitrogen and oxygen atoms in total. The van der Waals surface area contributed by atoms with Crippen LogP contribution in [0.2, 0.25) is 0 Å². The third kappa shape index (κ3) is 4.51. The Kier molecular flexibility index (Phi) is 5.67. The van der Waals surface area contributed by atoms with E-state index in [0.29, 0.717) is 5.92 Å². The van der Waals surface area contributed by atoms with Crippen molar-refractivity contribution < 1.29 is 4.42 Å². The van der Waals surface area contributed by atoms with Crippen LogP contribution >= 0.6 is 15.9 Å². The standard InChI is InChI=1S/C16H20BrNO/c1-2-18-11-14(9-13-7-8-19-12-13)10-15-5-3-4-6-16(15)17/h3-8,12,14,18H,2,9-11H2,1H3. The van der Waals surface area contributed by atoms with Gasteiger partial charge in [-0.3, -0.25) is 0 Å². The van der Waals surface area contributed by atoms with Crippen molar-refractivity contribution >= 4 is 15.9 Å². The zero-order valence-corrected chi connectivity index (χ0v) is 12.8. The number of halogens is 1. The van der Waals surface area contributed by atoms with Crippen molar-refractivity contribution in [2.75, 3.05) is 13.1 Å². The van der Waals surface area contributed by atoms with Crippen LogP contribution in [-0.4, -0.2) is 13.1 Å². The van der Waals surface area contributed by atoms with Gasteiger partial charge in [-0.05, 0) is 55.1 Å². The SMILES string of the molecule is CCNCC(Cc1ccoc1)Cc1ccccc1Br. The number of nitrogens with one attached hydrogen (secondary N) is 1. The highest BCUT2D eigenvalue weighted by molar-refractivity contribution is 9.10. The summed E-state index contributed by atoms with van der Waals surface area (Å²) in [6.07, 6.45) is 5.71. The average Bonchev–Trinajstić information content (AvgIpc) is 2.91. The van der Waals surface area contributed by atoms with Gasteiger partial charge >= 0.3 is 0 Å². The number of hydrogen-bond donors (Lipinski definition) is 1. The molecule has 0 aliphatic carbocycles. The van der Waals surface area contributed by atoms with Crippen molar-refractivity contribution in [3.63, 3.8) is 0 Å². The number of rotatable bonds is 7. The Hall–Kier alpha value is -1.06. The smallest absolute Gasteiger partial charge is 0.0934 e. The van der Waals surface area contributed by atoms with E-state index in [1.54, 1.807) is 6.26 Å². The zero-order chi connectivity index (χ0) is 13.5. The lowest BCUT2D eigenvalue weighted by atomic mass is 9.93. The molecule has 102 valence electrons. The van der Waals surface area contributed by atoms with E-state index >= 15 is 0 Å². The molecule has 0 fully saturated rings. The molecule has 1 heterocycles. The van der Waals surface area contributed by atoms with E-state index in [9.17, 15) is 0 Å². The van der Waals surface area contributed by atoms with Crippen molar-refractivity contribution in [1.82, 2.24) is 5.32 Å². The maximum absolute atomic E-state index is 5.16. The summed E-state index contributed by atoms with van der Waals surface area (Å²) in [5.41, 5.74) is 2.64. The minimum Gasteiger partial charge on any atom is -0.472 e. The predicted molar refractivity (Wildman–Crippen MR) is 82.3 cm³/mol. The minimum absolute atomic E-state index is 0.580. The van der Waals surface area contributed by atoms with Gasteiger partial charge in [0.25, 0.3) is 0 Å². The lowest BCUT2D eigenvalue weighted by molar-refractivity contribution is 0.473. The fourth-order valence-electron chi connectivity index (χ4n) is 2.28. The van der Waals surface area contributed by atoms with Gasteiger partial charge in [0.2, 0.25) is 0 Å². The first kappa shape index (κ1) is 14.4. The van der Waals surface area contributed by atoms with Gasteiger partial charge in [-0.25, -0.2) is 0 Å². The molecule has 1 unspecified atom stereocenters. The van der Waals surface area contributed by atoms with E-state index in [4.69, 9.17) is 4.42 Å². The van der Waals surface area contributed by atoms with E-state index < -0.39 is 0 Å². The van der Waals surface area contributed by atoms with Crippen LogP contribution in [0.1, 0.15) is 18.1 Å². The Labute approximate surface area is 123 Å². The van der Waals surface area contributed by atoms with E-state index in [1.807, 2.05) is 6.26 Å². The summed E-state index contributed by atoms with van der Waals surface area (Å²) in [5, 5.41) is 3.45. The number of furan rings is 1. The molecule has 0 aliphatic heterocycles. The highest BCUT2D eigenvalue weighted by Gasteiger charge is 2.12. The molecule has 0 amide bonds. The van der Waals surface area contributed by atoms with Crippen molar-refractivity contribution in [2.24, 2.45) is 5.92 Å². The van der Waals surface area contributed by atoms with Crippen LogP contribution in [0.15, 0.2) is 51.7 Å². The normalized spacial score (nSPS) is 12.5. The second kappa shape index (κ2) is 7.51. The second-order valence-corrected chi connectivity index (χ2v) is 5.66. The van der Waals surface area contributed by atoms with Crippen LogP contribution in [0.5, 0.6) is 0 Å². The van der Waals surface area contributed by atoms with Gasteiger partial charge in [0.15, 0.2) is 0 Å². The molecule has 0 bridgehead atoms. The van der Waals surface area contributed by atoms with Gasteiger partial charge in [0, 0.05) is 4.47 Å². The van der Waals surface area contributed by atoms with Crippen LogP contribution in [0.25, 0.3) is 0 Å². The summed E-state index contributed by atoms with van der Waals surface area (Å²) >= 11 is 3.63. The fraction of sp³-hybridized carbons (Fsp3) is 0.375. The Morgan fingerprint density at radius 2 is 2.05 bits per heavy atom. The first-order valence-corrected chi connectivity index (χ1v) is 7.54. The summed E-state index contributed by atoms with van der Waals surface area (Å²) in [4.78, 5) is 0. The Balaban J connectivity index is 2.03. The van der Waals surface area contributed by atoms with Gasteiger partial charge in [-0.2, -0.15) is 0 Å². The number of benzene rings is 1. The van der Waals surface area contributed by atoms with Gasteiger partial charge in [0.05, 0.1) is 12.5 Å². The van der Waals surface area contributed by atoms with E-state index in [2.05, 4.69) is 58.5 Å². The predicted octanol–water partition coefficient (Wildman–Crippen LogP) is 4.05. The summed E-state index contributed by atoms with van der Waals surface area (Å²) in [5.74, 6) is 0.580. The minimum atomic E-state index is 0.580. The van der Waals surface area contributed by atoms with Crippen LogP contribution in [0, 0.1) is 5.92 Å². The lowest BCUT2D eigenvalue weighted by Crippen LogP contribution is -2.25. The van der Waals surface area contributed by atoms with Gasteiger partial charge < -0.3 is 9.73 Å². The quantitative estimate of drug-likeness (QED) is 0.832. The fourth-order valence-corrected chi connectivity index (χ4v) is 2.73. The third-order valence-corrected chi connectivity index (χ3v) is 4.03. The summed E-state index contributed by atoms with van der Waals surface area (Å²) in [7, 11) is 0. The molecule has 0 radical (unpaired) electrons. The van der Waals surface area contributed by atoms with Crippen LogP contribution in [0.4, 0.5) is 0 Å². The highest BCUT2D eigenvalue weighted by atomic mass is 79.9. The van der Waals surface area contributed by atoms with Crippen LogP contribution < -0.4 is 5.32 Å². The molecule has 2 aromatic rings. The Morgan fingerprint density at radius 1 is 1.21 bits per heavy atom. The van der Waals surface area contributed by atoms with Gasteiger partial charge in [-0.1, -0.05) is 41.1 Å². The molecule has 1 aromatic carbocycles. The van der Waals surface area contributed by atoms with E-state index in [-0.39, 0.29) is 0 Å². The number of hydrogen-bond acceptors (Lipinski definition) is 2. The summed E-state index contributed by atoms with van der Waals surface area (Å²) < 4.78 is 6.36. The molecular formula is C16H20BrNO. The van der Waals surface area contributed by atoms with E-state index in [0.717, 1.165) is 25.9 Å². The summed E-state index contributed by atoms with van der Waals surface area (Å²) in [6, 6.07) is 10.5. The Bertz CT molecular complexity index is 481. The zero-order valence-electron chi connectivity index (χ0n) is 11.2. The largest absolute Gasteiger partial charge is 0.472 e. The molecule has 1 N–H and O–H groups in total. The topological polar surface area (TPSA) is 25.2 Å². The molecule has 2 rings (SSSR count). The van der Waals surface area contributed by atoms with Crippen LogP contribution in [-0.2, 0) is 12.8 Å². The Morgan fingerprint density at radius 3 is 2.74 bits per heavy atom. The first-order valence-electron chi connectivity index (χ1n) is 6.74. The maximum atomic E-state index is 5.16. The molecular weight excluding hydrogens is 302 g/mol. The molecule has 0 saturated carbocycles. The molecule has 0 saturated heterocycles. The summed E-state index contributed by atoms with van der Waals surface area (Å²) in [6.45, 7) is 4.19. The maximum Gasteiger partial charge on any atom is 0.0934 e. The molecule has 0 spiro atoms. The monoisotopic (exact) mass is 321 g/mol. The molecule has 1 aromatic heterocycles. The van der Waals surface area contributed by atoms with Gasteiger partial charge in [-0.15, -0.1) is 0 Å². The highest BCUT2D eigenvalue weighted by Crippen LogP contribution is 2.21. The van der Waals surface area contributed by atoms with Crippen molar-refractivity contribution in [1.29, 1.82) is 0 Å². The van der Waals surface area contributed by atoms with Crippen molar-refractivity contribution in [3.05, 3.63) is 58.5 Å². The van der Waals surface area contributed by atoms with Crippen molar-refractivity contribution in [2.45, 2.75) is 19.8 Å².